The molecule has 1 N–H and O–H groups in total. The highest BCUT2D eigenvalue weighted by Crippen LogP contribution is 2.58. The van der Waals surface area contributed by atoms with Gasteiger partial charge in [-0.3, -0.25) is 19.2 Å². The molecule has 7 nitrogen and oxygen atoms in total. The topological polar surface area (TPSA) is 92.8 Å². The quantitative estimate of drug-likeness (QED) is 0.171. The zero-order valence-electron chi connectivity index (χ0n) is 23.0. The summed E-state index contributed by atoms with van der Waals surface area (Å²) in [6, 6.07) is 26.1. The van der Waals surface area contributed by atoms with E-state index in [2.05, 4.69) is 5.32 Å². The molecule has 0 radical (unpaired) electrons. The number of carbonyl (C=O) groups excluding carboxylic acids is 4. The Morgan fingerprint density at radius 1 is 0.837 bits per heavy atom. The van der Waals surface area contributed by atoms with Crippen LogP contribution in [0.1, 0.15) is 38.8 Å². The number of benzene rings is 4. The smallest absolute Gasteiger partial charge is 0.308 e. The first-order valence-corrected chi connectivity index (χ1v) is 14.3. The summed E-state index contributed by atoms with van der Waals surface area (Å²) in [5, 5.41) is 3.49. The number of rotatable bonds is 5. The standard InChI is InChI=1S/C35H25ClN2O5/c1-20(39)43-25-17-12-23(13-18-25)33(41)31-30(32(40)22-10-15-24(36)16-11-22)35(26-7-3-4-8-27(26)37-34(35)42)29-19-14-21-6-2-5-9-28(21)38(29)31/h2-19,29-31H,1H3,(H,37,42)/t29-,30+,31-,35-/m0/s1. The SMILES string of the molecule is CC(=O)Oc1ccc(C(=O)[C@@H]2[C@H](C(=O)c3ccc(Cl)cc3)[C@@]3(C(=O)Nc4ccccc43)[C@@H]3C=Cc4ccccc4N23)cc1. The number of ether oxygens (including phenoxy) is 1. The van der Waals surface area contributed by atoms with E-state index in [4.69, 9.17) is 16.3 Å². The van der Waals surface area contributed by atoms with Crippen molar-refractivity contribution in [3.05, 3.63) is 130 Å². The molecule has 4 aromatic rings. The van der Waals surface area contributed by atoms with Gasteiger partial charge in [0.05, 0.1) is 12.0 Å². The minimum absolute atomic E-state index is 0.300. The number of para-hydroxylation sites is 2. The van der Waals surface area contributed by atoms with Gasteiger partial charge in [0.2, 0.25) is 5.91 Å². The van der Waals surface area contributed by atoms with Crippen molar-refractivity contribution in [1.29, 1.82) is 0 Å². The molecule has 0 bridgehead atoms. The lowest BCUT2D eigenvalue weighted by Crippen LogP contribution is -2.51. The normalized spacial score (nSPS) is 22.9. The maximum atomic E-state index is 14.8. The molecule has 0 aliphatic carbocycles. The fraction of sp³-hybridized carbons (Fsp3) is 0.143. The van der Waals surface area contributed by atoms with Gasteiger partial charge in [0, 0.05) is 34.4 Å². The van der Waals surface area contributed by atoms with E-state index in [1.165, 1.54) is 6.92 Å². The van der Waals surface area contributed by atoms with Gasteiger partial charge in [-0.15, -0.1) is 0 Å². The van der Waals surface area contributed by atoms with Crippen LogP contribution in [0.5, 0.6) is 5.75 Å². The number of anilines is 2. The molecule has 3 heterocycles. The van der Waals surface area contributed by atoms with Gasteiger partial charge in [0.15, 0.2) is 11.6 Å². The molecule has 7 rings (SSSR count). The number of hydrogen-bond acceptors (Lipinski definition) is 6. The molecular weight excluding hydrogens is 564 g/mol. The molecule has 0 unspecified atom stereocenters. The summed E-state index contributed by atoms with van der Waals surface area (Å²) in [6.45, 7) is 1.30. The summed E-state index contributed by atoms with van der Waals surface area (Å²) >= 11 is 6.17. The average molecular weight is 589 g/mol. The van der Waals surface area contributed by atoms with Crippen LogP contribution in [0, 0.1) is 5.92 Å². The van der Waals surface area contributed by atoms with Crippen molar-refractivity contribution >= 4 is 52.5 Å². The van der Waals surface area contributed by atoms with Crippen molar-refractivity contribution in [1.82, 2.24) is 0 Å². The number of halogens is 1. The third-order valence-electron chi connectivity index (χ3n) is 8.62. The molecule has 0 aromatic heterocycles. The first kappa shape index (κ1) is 26.9. The number of fused-ring (bicyclic) bond motifs is 6. The van der Waals surface area contributed by atoms with E-state index < -0.39 is 29.4 Å². The third kappa shape index (κ3) is 4.03. The summed E-state index contributed by atoms with van der Waals surface area (Å²) in [6.07, 6.45) is 3.89. The Morgan fingerprint density at radius 2 is 1.49 bits per heavy atom. The number of esters is 1. The molecule has 1 saturated heterocycles. The summed E-state index contributed by atoms with van der Waals surface area (Å²) in [5.74, 6) is -2.27. The Bertz CT molecular complexity index is 1850. The predicted molar refractivity (Wildman–Crippen MR) is 164 cm³/mol. The molecule has 3 aliphatic heterocycles. The average Bonchev–Trinajstić information content (AvgIpc) is 3.49. The number of amides is 1. The number of nitrogens with zero attached hydrogens (tertiary/aromatic N) is 1. The molecule has 212 valence electrons. The summed E-state index contributed by atoms with van der Waals surface area (Å²) in [7, 11) is 0. The van der Waals surface area contributed by atoms with Gasteiger partial charge in [0.1, 0.15) is 17.2 Å². The van der Waals surface area contributed by atoms with Gasteiger partial charge in [0.25, 0.3) is 0 Å². The van der Waals surface area contributed by atoms with Gasteiger partial charge in [-0.2, -0.15) is 0 Å². The van der Waals surface area contributed by atoms with Crippen LogP contribution in [0.15, 0.2) is 103 Å². The molecule has 1 fully saturated rings. The lowest BCUT2D eigenvalue weighted by Gasteiger charge is -2.37. The zero-order valence-corrected chi connectivity index (χ0v) is 23.7. The Kier molecular flexibility index (Phi) is 6.29. The van der Waals surface area contributed by atoms with Crippen LogP contribution in [-0.4, -0.2) is 35.5 Å². The highest BCUT2D eigenvalue weighted by Gasteiger charge is 2.70. The van der Waals surface area contributed by atoms with Crippen LogP contribution >= 0.6 is 11.6 Å². The van der Waals surface area contributed by atoms with E-state index in [9.17, 15) is 19.2 Å². The van der Waals surface area contributed by atoms with Crippen LogP contribution in [0.2, 0.25) is 5.02 Å². The highest BCUT2D eigenvalue weighted by atomic mass is 35.5. The van der Waals surface area contributed by atoms with Crippen LogP contribution in [0.25, 0.3) is 6.08 Å². The molecule has 3 aliphatic rings. The minimum Gasteiger partial charge on any atom is -0.427 e. The Labute approximate surface area is 252 Å². The highest BCUT2D eigenvalue weighted by molar-refractivity contribution is 6.30. The van der Waals surface area contributed by atoms with Crippen molar-refractivity contribution in [3.63, 3.8) is 0 Å². The van der Waals surface area contributed by atoms with E-state index in [0.29, 0.717) is 33.1 Å². The van der Waals surface area contributed by atoms with Crippen LogP contribution in [0.4, 0.5) is 11.4 Å². The Morgan fingerprint density at radius 3 is 2.23 bits per heavy atom. The maximum Gasteiger partial charge on any atom is 0.308 e. The van der Waals surface area contributed by atoms with E-state index in [0.717, 1.165) is 11.3 Å². The van der Waals surface area contributed by atoms with Crippen molar-refractivity contribution < 1.29 is 23.9 Å². The van der Waals surface area contributed by atoms with E-state index in [1.54, 1.807) is 48.5 Å². The van der Waals surface area contributed by atoms with Gasteiger partial charge in [-0.1, -0.05) is 60.2 Å². The number of Topliss-reactive ketones (excluding diaryl/α,β-unsaturated/α-hetero) is 2. The van der Waals surface area contributed by atoms with Crippen molar-refractivity contribution in [2.75, 3.05) is 10.2 Å². The van der Waals surface area contributed by atoms with Gasteiger partial charge < -0.3 is 15.0 Å². The number of nitrogens with one attached hydrogen (secondary N) is 1. The second-order valence-corrected chi connectivity index (χ2v) is 11.4. The summed E-state index contributed by atoms with van der Waals surface area (Å²) in [4.78, 5) is 57.3. The molecule has 0 saturated carbocycles. The molecule has 1 spiro atoms. The van der Waals surface area contributed by atoms with Crippen molar-refractivity contribution in [2.24, 2.45) is 5.92 Å². The first-order chi connectivity index (χ1) is 20.8. The zero-order chi connectivity index (χ0) is 29.9. The fourth-order valence-corrected chi connectivity index (χ4v) is 7.06. The monoisotopic (exact) mass is 588 g/mol. The Hall–Kier alpha value is -5.01. The van der Waals surface area contributed by atoms with E-state index in [-0.39, 0.29) is 17.5 Å². The molecule has 8 heteroatoms. The summed E-state index contributed by atoms with van der Waals surface area (Å²) in [5.41, 5.74) is 2.20. The molecule has 4 aromatic carbocycles. The first-order valence-electron chi connectivity index (χ1n) is 13.9. The Balaban J connectivity index is 1.48. The predicted octanol–water partition coefficient (Wildman–Crippen LogP) is 6.12. The number of carbonyl (C=O) groups is 4. The second kappa shape index (κ2) is 10.1. The molecular formula is C35H25ClN2O5. The van der Waals surface area contributed by atoms with Crippen molar-refractivity contribution in [3.8, 4) is 5.75 Å². The minimum atomic E-state index is -1.41. The van der Waals surface area contributed by atoms with Crippen LogP contribution in [0.3, 0.4) is 0 Å². The molecule has 4 atom stereocenters. The lowest BCUT2D eigenvalue weighted by atomic mass is 9.64. The lowest BCUT2D eigenvalue weighted by molar-refractivity contribution is -0.131. The second-order valence-electron chi connectivity index (χ2n) is 10.9. The largest absolute Gasteiger partial charge is 0.427 e. The van der Waals surface area contributed by atoms with Crippen LogP contribution < -0.4 is 15.0 Å². The fourth-order valence-electron chi connectivity index (χ4n) is 6.94. The van der Waals surface area contributed by atoms with Crippen molar-refractivity contribution in [2.45, 2.75) is 24.4 Å². The summed E-state index contributed by atoms with van der Waals surface area (Å²) < 4.78 is 5.18. The van der Waals surface area contributed by atoms with Gasteiger partial charge in [-0.05, 0) is 71.8 Å². The van der Waals surface area contributed by atoms with Crippen LogP contribution in [-0.2, 0) is 15.0 Å². The maximum absolute atomic E-state index is 14.8. The number of ketones is 2. The van der Waals surface area contributed by atoms with E-state index >= 15 is 0 Å². The van der Waals surface area contributed by atoms with E-state index in [1.807, 2.05) is 65.6 Å². The number of hydrogen-bond donors (Lipinski definition) is 1. The molecule has 43 heavy (non-hydrogen) atoms. The third-order valence-corrected chi connectivity index (χ3v) is 8.87. The van der Waals surface area contributed by atoms with Gasteiger partial charge in [-0.25, -0.2) is 0 Å². The van der Waals surface area contributed by atoms with Gasteiger partial charge >= 0.3 is 5.97 Å². The molecule has 1 amide bonds.